The molecule has 0 aliphatic carbocycles. The molecule has 0 bridgehead atoms. The Hall–Kier alpha value is -1.84. The molecule has 29 heavy (non-hydrogen) atoms. The van der Waals surface area contributed by atoms with Crippen molar-refractivity contribution in [2.75, 3.05) is 25.4 Å². The predicted molar refractivity (Wildman–Crippen MR) is 111 cm³/mol. The van der Waals surface area contributed by atoms with Gasteiger partial charge >= 0.3 is 0 Å². The Morgan fingerprint density at radius 1 is 1.14 bits per heavy atom. The molecule has 2 aliphatic heterocycles. The standard InChI is InChI=1S/C20H30N6O2S/c1-2-3-13-29(27,28)25-11-12-26-19(16-25)22-23-20(26)18-5-4-10-24(15-18)14-17-6-8-21-9-7-17/h6-9,18H,2-5,10-16H2,1H3. The minimum atomic E-state index is -3.21. The first-order valence-corrected chi connectivity index (χ1v) is 12.2. The normalized spacial score (nSPS) is 21.2. The fraction of sp³-hybridized carbons (Fsp3) is 0.650. The van der Waals surface area contributed by atoms with Gasteiger partial charge < -0.3 is 4.57 Å². The van der Waals surface area contributed by atoms with E-state index in [1.807, 2.05) is 19.3 Å². The molecular weight excluding hydrogens is 388 g/mol. The van der Waals surface area contributed by atoms with Crippen LogP contribution in [0, 0.1) is 0 Å². The summed E-state index contributed by atoms with van der Waals surface area (Å²) >= 11 is 0. The monoisotopic (exact) mass is 418 g/mol. The first-order valence-electron chi connectivity index (χ1n) is 10.6. The summed E-state index contributed by atoms with van der Waals surface area (Å²) in [6.07, 6.45) is 7.49. The molecule has 2 aliphatic rings. The summed E-state index contributed by atoms with van der Waals surface area (Å²) in [6.45, 7) is 6.47. The van der Waals surface area contributed by atoms with E-state index in [9.17, 15) is 8.42 Å². The van der Waals surface area contributed by atoms with Crippen molar-refractivity contribution in [1.29, 1.82) is 0 Å². The number of piperidine rings is 1. The molecule has 1 saturated heterocycles. The number of fused-ring (bicyclic) bond motifs is 1. The topological polar surface area (TPSA) is 84.2 Å². The number of nitrogens with zero attached hydrogens (tertiary/aromatic N) is 6. The molecule has 1 unspecified atom stereocenters. The van der Waals surface area contributed by atoms with E-state index in [0.717, 1.165) is 50.5 Å². The highest BCUT2D eigenvalue weighted by atomic mass is 32.2. The largest absolute Gasteiger partial charge is 0.312 e. The van der Waals surface area contributed by atoms with Crippen molar-refractivity contribution < 1.29 is 8.42 Å². The quantitative estimate of drug-likeness (QED) is 0.684. The molecule has 0 spiro atoms. The van der Waals surface area contributed by atoms with Gasteiger partial charge in [0.15, 0.2) is 0 Å². The van der Waals surface area contributed by atoms with Crippen molar-refractivity contribution in [3.63, 3.8) is 0 Å². The second kappa shape index (κ2) is 8.89. The van der Waals surface area contributed by atoms with Gasteiger partial charge in [0.2, 0.25) is 10.0 Å². The molecule has 0 amide bonds. The van der Waals surface area contributed by atoms with Crippen LogP contribution in [-0.4, -0.2) is 62.8 Å². The summed E-state index contributed by atoms with van der Waals surface area (Å²) < 4.78 is 28.8. The van der Waals surface area contributed by atoms with Crippen LogP contribution < -0.4 is 0 Å². The summed E-state index contributed by atoms with van der Waals surface area (Å²) in [6, 6.07) is 4.13. The van der Waals surface area contributed by atoms with Gasteiger partial charge in [-0.05, 0) is 43.5 Å². The molecule has 1 fully saturated rings. The third-order valence-corrected chi connectivity index (χ3v) is 7.83. The Kier molecular flexibility index (Phi) is 6.26. The van der Waals surface area contributed by atoms with Gasteiger partial charge in [-0.2, -0.15) is 4.31 Å². The number of likely N-dealkylation sites (tertiary alicyclic amines) is 1. The van der Waals surface area contributed by atoms with E-state index < -0.39 is 10.0 Å². The molecule has 4 rings (SSSR count). The van der Waals surface area contributed by atoms with Crippen LogP contribution >= 0.6 is 0 Å². The van der Waals surface area contributed by atoms with Gasteiger partial charge in [0.25, 0.3) is 0 Å². The zero-order valence-electron chi connectivity index (χ0n) is 17.1. The highest BCUT2D eigenvalue weighted by molar-refractivity contribution is 7.89. The Labute approximate surface area is 173 Å². The number of pyridine rings is 1. The summed E-state index contributed by atoms with van der Waals surface area (Å²) in [5.74, 6) is 2.36. The lowest BCUT2D eigenvalue weighted by Crippen LogP contribution is -2.41. The molecule has 0 aromatic carbocycles. The van der Waals surface area contributed by atoms with Crippen LogP contribution in [0.4, 0.5) is 0 Å². The number of unbranched alkanes of at least 4 members (excludes halogenated alkanes) is 1. The molecule has 2 aromatic heterocycles. The zero-order valence-corrected chi connectivity index (χ0v) is 17.9. The average molecular weight is 419 g/mol. The van der Waals surface area contributed by atoms with Crippen LogP contribution in [0.1, 0.15) is 55.7 Å². The molecule has 9 heteroatoms. The highest BCUT2D eigenvalue weighted by Crippen LogP contribution is 2.29. The van der Waals surface area contributed by atoms with Crippen molar-refractivity contribution in [3.05, 3.63) is 41.7 Å². The molecule has 0 N–H and O–H groups in total. The van der Waals surface area contributed by atoms with Crippen LogP contribution in [0.2, 0.25) is 0 Å². The Morgan fingerprint density at radius 3 is 2.76 bits per heavy atom. The van der Waals surface area contributed by atoms with Gasteiger partial charge in [-0.3, -0.25) is 9.88 Å². The van der Waals surface area contributed by atoms with Crippen LogP contribution in [0.3, 0.4) is 0 Å². The molecule has 0 saturated carbocycles. The van der Waals surface area contributed by atoms with Crippen LogP contribution in [-0.2, 0) is 29.7 Å². The average Bonchev–Trinajstić information content (AvgIpc) is 3.17. The molecule has 1 atom stereocenters. The zero-order chi connectivity index (χ0) is 20.3. The molecule has 2 aromatic rings. The number of hydrogen-bond donors (Lipinski definition) is 0. The van der Waals surface area contributed by atoms with Gasteiger partial charge in [-0.15, -0.1) is 10.2 Å². The highest BCUT2D eigenvalue weighted by Gasteiger charge is 2.32. The summed E-state index contributed by atoms with van der Waals surface area (Å²) in [5, 5.41) is 8.86. The fourth-order valence-electron chi connectivity index (χ4n) is 4.31. The van der Waals surface area contributed by atoms with Gasteiger partial charge in [-0.25, -0.2) is 8.42 Å². The van der Waals surface area contributed by atoms with E-state index in [1.54, 1.807) is 4.31 Å². The van der Waals surface area contributed by atoms with E-state index in [-0.39, 0.29) is 5.75 Å². The third-order valence-electron chi connectivity index (χ3n) is 5.92. The fourth-order valence-corrected chi connectivity index (χ4v) is 5.89. The summed E-state index contributed by atoms with van der Waals surface area (Å²) in [7, 11) is -3.21. The third kappa shape index (κ3) is 4.67. The maximum absolute atomic E-state index is 12.5. The van der Waals surface area contributed by atoms with Gasteiger partial charge in [0.1, 0.15) is 11.6 Å². The summed E-state index contributed by atoms with van der Waals surface area (Å²) in [4.78, 5) is 6.56. The smallest absolute Gasteiger partial charge is 0.214 e. The van der Waals surface area contributed by atoms with Crippen molar-refractivity contribution in [1.82, 2.24) is 29.0 Å². The SMILES string of the molecule is CCCCS(=O)(=O)N1CCn2c(nnc2C2CCCN(Cc3ccncc3)C2)C1. The minimum Gasteiger partial charge on any atom is -0.312 e. The molecule has 0 radical (unpaired) electrons. The predicted octanol–water partition coefficient (Wildman–Crippen LogP) is 2.00. The molecule has 8 nitrogen and oxygen atoms in total. The molecule has 158 valence electrons. The molecular formula is C20H30N6O2S. The van der Waals surface area contributed by atoms with Gasteiger partial charge in [-0.1, -0.05) is 13.3 Å². The second-order valence-electron chi connectivity index (χ2n) is 8.06. The number of rotatable bonds is 7. The Morgan fingerprint density at radius 2 is 1.97 bits per heavy atom. The van der Waals surface area contributed by atoms with E-state index in [1.165, 1.54) is 5.56 Å². The first-order chi connectivity index (χ1) is 14.1. The number of aromatic nitrogens is 4. The lowest BCUT2D eigenvalue weighted by molar-refractivity contribution is 0.193. The minimum absolute atomic E-state index is 0.219. The second-order valence-corrected chi connectivity index (χ2v) is 10.1. The van der Waals surface area contributed by atoms with Gasteiger partial charge in [0, 0.05) is 44.5 Å². The Bertz CT molecular complexity index is 914. The van der Waals surface area contributed by atoms with E-state index in [0.29, 0.717) is 32.0 Å². The number of sulfonamides is 1. The van der Waals surface area contributed by atoms with E-state index in [2.05, 4.69) is 36.8 Å². The van der Waals surface area contributed by atoms with Crippen LogP contribution in [0.25, 0.3) is 0 Å². The van der Waals surface area contributed by atoms with Crippen LogP contribution in [0.5, 0.6) is 0 Å². The maximum atomic E-state index is 12.5. The van der Waals surface area contributed by atoms with Crippen molar-refractivity contribution >= 4 is 10.0 Å². The van der Waals surface area contributed by atoms with Crippen molar-refractivity contribution in [2.24, 2.45) is 0 Å². The number of hydrogen-bond acceptors (Lipinski definition) is 6. The lowest BCUT2D eigenvalue weighted by Gasteiger charge is -2.33. The first kappa shape index (κ1) is 20.4. The Balaban J connectivity index is 1.43. The van der Waals surface area contributed by atoms with E-state index >= 15 is 0 Å². The lowest BCUT2D eigenvalue weighted by atomic mass is 9.96. The van der Waals surface area contributed by atoms with Gasteiger partial charge in [0.05, 0.1) is 12.3 Å². The summed E-state index contributed by atoms with van der Waals surface area (Å²) in [5.41, 5.74) is 1.27. The van der Waals surface area contributed by atoms with E-state index in [4.69, 9.17) is 0 Å². The van der Waals surface area contributed by atoms with Crippen LogP contribution in [0.15, 0.2) is 24.5 Å². The van der Waals surface area contributed by atoms with Crippen molar-refractivity contribution in [2.45, 2.75) is 58.2 Å². The van der Waals surface area contributed by atoms with Crippen molar-refractivity contribution in [3.8, 4) is 0 Å². The maximum Gasteiger partial charge on any atom is 0.214 e. The molecule has 4 heterocycles.